The van der Waals surface area contributed by atoms with Gasteiger partial charge >= 0.3 is 0 Å². The Labute approximate surface area is 159 Å². The van der Waals surface area contributed by atoms with Gasteiger partial charge in [0, 0.05) is 16.4 Å². The molecule has 1 amide bonds. The number of benzene rings is 1. The summed E-state index contributed by atoms with van der Waals surface area (Å²) in [4.78, 5) is 15.2. The Morgan fingerprint density at radius 1 is 1.21 bits per heavy atom. The van der Waals surface area contributed by atoms with Gasteiger partial charge in [0.25, 0.3) is 0 Å². The maximum atomic E-state index is 12.9. The molecule has 2 rings (SSSR count). The van der Waals surface area contributed by atoms with Crippen LogP contribution < -0.4 is 0 Å². The minimum Gasteiger partial charge on any atom is -0.339 e. The number of hydrogen-bond acceptors (Lipinski definition) is 4. The molecule has 0 saturated carbocycles. The molecule has 0 spiro atoms. The zero-order valence-corrected chi connectivity index (χ0v) is 17.4. The van der Waals surface area contributed by atoms with Crippen LogP contribution in [0.1, 0.15) is 18.7 Å². The molecule has 0 bridgehead atoms. The number of amides is 1. The molecule has 0 aliphatic carbocycles. The van der Waals surface area contributed by atoms with Crippen molar-refractivity contribution in [2.24, 2.45) is 0 Å². The van der Waals surface area contributed by atoms with Gasteiger partial charge in [-0.15, -0.1) is 11.3 Å². The molecule has 0 radical (unpaired) electrons. The summed E-state index contributed by atoms with van der Waals surface area (Å²) in [6, 6.07) is 9.85. The third-order valence-corrected chi connectivity index (χ3v) is 7.83. The smallest absolute Gasteiger partial charge is 0.243 e. The number of nitrogens with zero attached hydrogens (tertiary/aromatic N) is 1. The zero-order chi connectivity index (χ0) is 18.1. The Hall–Kier alpha value is -0.890. The highest BCUT2D eigenvalue weighted by Gasteiger charge is 2.44. The van der Waals surface area contributed by atoms with Gasteiger partial charge in [-0.25, -0.2) is 8.42 Å². The molecule has 0 N–H and O–H groups in total. The van der Waals surface area contributed by atoms with E-state index in [0.717, 1.165) is 9.35 Å². The number of sulfone groups is 1. The van der Waals surface area contributed by atoms with E-state index >= 15 is 0 Å². The second kappa shape index (κ2) is 7.15. The fraction of sp³-hybridized carbons (Fsp3) is 0.312. The summed E-state index contributed by atoms with van der Waals surface area (Å²) in [6.45, 7) is 3.19. The van der Waals surface area contributed by atoms with Crippen molar-refractivity contribution in [3.05, 3.63) is 50.1 Å². The Kier molecular flexibility index (Phi) is 5.79. The molecule has 0 fully saturated rings. The van der Waals surface area contributed by atoms with Crippen LogP contribution in [0.4, 0.5) is 0 Å². The lowest BCUT2D eigenvalue weighted by Gasteiger charge is -2.29. The average Bonchev–Trinajstić information content (AvgIpc) is 2.91. The van der Waals surface area contributed by atoms with Crippen molar-refractivity contribution >= 4 is 54.6 Å². The lowest BCUT2D eigenvalue weighted by atomic mass is 10.2. The highest BCUT2D eigenvalue weighted by atomic mass is 79.9. The van der Waals surface area contributed by atoms with Crippen LogP contribution in [-0.4, -0.2) is 31.0 Å². The van der Waals surface area contributed by atoms with Crippen LogP contribution in [0.5, 0.6) is 0 Å². The monoisotopic (exact) mass is 449 g/mol. The van der Waals surface area contributed by atoms with Gasteiger partial charge in [0.05, 0.1) is 15.8 Å². The second-order valence-corrected chi connectivity index (χ2v) is 11.0. The maximum Gasteiger partial charge on any atom is 0.243 e. The van der Waals surface area contributed by atoms with Gasteiger partial charge < -0.3 is 4.90 Å². The molecule has 0 aliphatic heterocycles. The third-order valence-electron chi connectivity index (χ3n) is 3.68. The molecule has 0 saturated heterocycles. The normalized spacial score (nSPS) is 12.2. The largest absolute Gasteiger partial charge is 0.339 e. The highest BCUT2D eigenvalue weighted by molar-refractivity contribution is 9.10. The summed E-state index contributed by atoms with van der Waals surface area (Å²) < 4.78 is 25.6. The van der Waals surface area contributed by atoms with Gasteiger partial charge in [-0.2, -0.15) is 0 Å². The molecule has 4 nitrogen and oxygen atoms in total. The van der Waals surface area contributed by atoms with Crippen molar-refractivity contribution in [1.29, 1.82) is 0 Å². The first-order valence-corrected chi connectivity index (χ1v) is 10.5. The molecule has 24 heavy (non-hydrogen) atoms. The van der Waals surface area contributed by atoms with Crippen molar-refractivity contribution in [3.63, 3.8) is 0 Å². The SMILES string of the molecule is CN(Cc1ccc(Cl)s1)C(=O)C(C)(C)S(=O)(=O)c1ccc(Br)cc1. The summed E-state index contributed by atoms with van der Waals surface area (Å²) in [5.74, 6) is -0.463. The van der Waals surface area contributed by atoms with Crippen molar-refractivity contribution in [1.82, 2.24) is 4.90 Å². The van der Waals surface area contributed by atoms with E-state index in [9.17, 15) is 13.2 Å². The van der Waals surface area contributed by atoms with Crippen LogP contribution in [0.25, 0.3) is 0 Å². The van der Waals surface area contributed by atoms with Gasteiger partial charge in [0.15, 0.2) is 9.84 Å². The summed E-state index contributed by atoms with van der Waals surface area (Å²) in [6.07, 6.45) is 0. The fourth-order valence-corrected chi connectivity index (χ4v) is 5.10. The van der Waals surface area contributed by atoms with Crippen LogP contribution in [-0.2, 0) is 21.2 Å². The number of rotatable bonds is 5. The lowest BCUT2D eigenvalue weighted by molar-refractivity contribution is -0.132. The van der Waals surface area contributed by atoms with Crippen LogP contribution in [0.2, 0.25) is 4.34 Å². The molecular formula is C16H17BrClNO3S2. The van der Waals surface area contributed by atoms with E-state index in [4.69, 9.17) is 11.6 Å². The molecule has 0 unspecified atom stereocenters. The van der Waals surface area contributed by atoms with E-state index in [1.165, 1.54) is 42.2 Å². The number of carbonyl (C=O) groups excluding carboxylic acids is 1. The van der Waals surface area contributed by atoms with E-state index < -0.39 is 20.5 Å². The molecule has 1 aromatic carbocycles. The first-order chi connectivity index (χ1) is 11.1. The van der Waals surface area contributed by atoms with E-state index in [0.29, 0.717) is 10.9 Å². The molecule has 0 atom stereocenters. The first-order valence-electron chi connectivity index (χ1n) is 7.05. The molecule has 1 heterocycles. The predicted octanol–water partition coefficient (Wildman–Crippen LogP) is 4.37. The van der Waals surface area contributed by atoms with E-state index in [1.807, 2.05) is 6.07 Å². The predicted molar refractivity (Wildman–Crippen MR) is 101 cm³/mol. The van der Waals surface area contributed by atoms with Gasteiger partial charge in [-0.1, -0.05) is 27.5 Å². The van der Waals surface area contributed by atoms with Crippen LogP contribution in [0, 0.1) is 0 Å². The van der Waals surface area contributed by atoms with Crippen molar-refractivity contribution in [2.75, 3.05) is 7.05 Å². The molecular weight excluding hydrogens is 434 g/mol. The zero-order valence-electron chi connectivity index (χ0n) is 13.4. The molecule has 2 aromatic rings. The molecule has 8 heteroatoms. The third kappa shape index (κ3) is 3.85. The summed E-state index contributed by atoms with van der Waals surface area (Å²) >= 11 is 10.5. The quantitative estimate of drug-likeness (QED) is 0.679. The van der Waals surface area contributed by atoms with Crippen LogP contribution in [0.15, 0.2) is 45.8 Å². The Morgan fingerprint density at radius 3 is 2.29 bits per heavy atom. The number of hydrogen-bond donors (Lipinski definition) is 0. The Bertz CT molecular complexity index is 844. The minimum atomic E-state index is -3.82. The van der Waals surface area contributed by atoms with Crippen molar-refractivity contribution in [2.45, 2.75) is 30.0 Å². The van der Waals surface area contributed by atoms with Gasteiger partial charge in [0.2, 0.25) is 5.91 Å². The first kappa shape index (κ1) is 19.4. The molecule has 130 valence electrons. The second-order valence-electron chi connectivity index (χ2n) is 5.83. The van der Waals surface area contributed by atoms with E-state index in [-0.39, 0.29) is 4.90 Å². The number of halogens is 2. The molecule has 1 aromatic heterocycles. The summed E-state index contributed by atoms with van der Waals surface area (Å²) in [5.41, 5.74) is 0. The molecule has 0 aliphatic rings. The van der Waals surface area contributed by atoms with E-state index in [2.05, 4.69) is 15.9 Å². The maximum absolute atomic E-state index is 12.9. The van der Waals surface area contributed by atoms with E-state index in [1.54, 1.807) is 25.2 Å². The Morgan fingerprint density at radius 2 is 1.79 bits per heavy atom. The number of thiophene rings is 1. The summed E-state index contributed by atoms with van der Waals surface area (Å²) in [7, 11) is -2.23. The van der Waals surface area contributed by atoms with Crippen LogP contribution in [0.3, 0.4) is 0 Å². The van der Waals surface area contributed by atoms with Crippen LogP contribution >= 0.6 is 38.9 Å². The lowest BCUT2D eigenvalue weighted by Crippen LogP contribution is -2.48. The highest BCUT2D eigenvalue weighted by Crippen LogP contribution is 2.29. The Balaban J connectivity index is 2.26. The summed E-state index contributed by atoms with van der Waals surface area (Å²) in [5, 5.41) is 0. The fourth-order valence-electron chi connectivity index (χ4n) is 2.23. The van der Waals surface area contributed by atoms with Gasteiger partial charge in [-0.05, 0) is 50.2 Å². The van der Waals surface area contributed by atoms with Gasteiger partial charge in [0.1, 0.15) is 4.75 Å². The average molecular weight is 451 g/mol. The van der Waals surface area contributed by atoms with Crippen molar-refractivity contribution in [3.8, 4) is 0 Å². The van der Waals surface area contributed by atoms with Gasteiger partial charge in [-0.3, -0.25) is 4.79 Å². The number of carbonyl (C=O) groups is 1. The topological polar surface area (TPSA) is 54.5 Å². The van der Waals surface area contributed by atoms with Crippen molar-refractivity contribution < 1.29 is 13.2 Å². The minimum absolute atomic E-state index is 0.122. The standard InChI is InChI=1S/C16H17BrClNO3S2/c1-16(2,24(21,22)13-7-4-11(17)5-8-13)15(20)19(3)10-12-6-9-14(18)23-12/h4-9H,10H2,1-3H3.